The van der Waals surface area contributed by atoms with Crippen LogP contribution in [0.5, 0.6) is 0 Å². The third-order valence-electron chi connectivity index (χ3n) is 5.89. The molecule has 30 heavy (non-hydrogen) atoms. The van der Waals surface area contributed by atoms with E-state index < -0.39 is 0 Å². The lowest BCUT2D eigenvalue weighted by Gasteiger charge is -2.33. The van der Waals surface area contributed by atoms with Crippen LogP contribution >= 0.6 is 11.8 Å². The van der Waals surface area contributed by atoms with Crippen LogP contribution in [-0.4, -0.2) is 38.7 Å². The van der Waals surface area contributed by atoms with Gasteiger partial charge in [-0.2, -0.15) is 0 Å². The van der Waals surface area contributed by atoms with Crippen molar-refractivity contribution in [2.45, 2.75) is 50.4 Å². The van der Waals surface area contributed by atoms with Crippen molar-refractivity contribution >= 4 is 28.6 Å². The maximum absolute atomic E-state index is 13.4. The first-order chi connectivity index (χ1) is 14.6. The molecule has 1 aliphatic heterocycles. The van der Waals surface area contributed by atoms with Crippen molar-refractivity contribution in [3.05, 3.63) is 70.5 Å². The van der Waals surface area contributed by atoms with Gasteiger partial charge in [-0.05, 0) is 50.8 Å². The van der Waals surface area contributed by atoms with E-state index in [1.807, 2.05) is 66.4 Å². The number of likely N-dealkylation sites (tertiary alicyclic amines) is 1. The standard InChI is InChI=1S/C24H27N3O2S/c1-17-10-8-9-15-26(17)22(28)16-30-24-25-21-14-7-6-13-20(21)23(29)27(24)18(2)19-11-4-3-5-12-19/h3-7,11-14,17-18H,8-10,15-16H2,1-2H3/t17-,18+/m1/s1. The molecule has 1 aliphatic rings. The Bertz CT molecular complexity index is 1100. The Morgan fingerprint density at radius 3 is 2.63 bits per heavy atom. The minimum atomic E-state index is -0.178. The van der Waals surface area contributed by atoms with Gasteiger partial charge < -0.3 is 4.90 Å². The number of hydrogen-bond acceptors (Lipinski definition) is 4. The second-order valence-electron chi connectivity index (χ2n) is 7.89. The molecule has 2 heterocycles. The topological polar surface area (TPSA) is 55.2 Å². The highest BCUT2D eigenvalue weighted by Crippen LogP contribution is 2.26. The van der Waals surface area contributed by atoms with Gasteiger partial charge in [-0.3, -0.25) is 14.2 Å². The fourth-order valence-corrected chi connectivity index (χ4v) is 5.09. The van der Waals surface area contributed by atoms with Gasteiger partial charge in [0.1, 0.15) is 0 Å². The quantitative estimate of drug-likeness (QED) is 0.450. The number of fused-ring (bicyclic) bond motifs is 1. The molecule has 0 aliphatic carbocycles. The van der Waals surface area contributed by atoms with E-state index in [-0.39, 0.29) is 29.3 Å². The van der Waals surface area contributed by atoms with Gasteiger partial charge in [0.2, 0.25) is 5.91 Å². The van der Waals surface area contributed by atoms with Gasteiger partial charge in [-0.15, -0.1) is 0 Å². The number of amides is 1. The van der Waals surface area contributed by atoms with Crippen LogP contribution in [0.1, 0.15) is 44.7 Å². The zero-order valence-electron chi connectivity index (χ0n) is 17.5. The first-order valence-electron chi connectivity index (χ1n) is 10.5. The predicted octanol–water partition coefficient (Wildman–Crippen LogP) is 4.50. The highest BCUT2D eigenvalue weighted by Gasteiger charge is 2.24. The predicted molar refractivity (Wildman–Crippen MR) is 122 cm³/mol. The maximum atomic E-state index is 13.4. The van der Waals surface area contributed by atoms with Crippen molar-refractivity contribution in [1.82, 2.24) is 14.5 Å². The van der Waals surface area contributed by atoms with E-state index in [1.165, 1.54) is 18.2 Å². The monoisotopic (exact) mass is 421 g/mol. The van der Waals surface area contributed by atoms with E-state index in [2.05, 4.69) is 6.92 Å². The highest BCUT2D eigenvalue weighted by atomic mass is 32.2. The number of aromatic nitrogens is 2. The molecule has 1 aromatic heterocycles. The Balaban J connectivity index is 1.69. The van der Waals surface area contributed by atoms with Gasteiger partial charge in [-0.25, -0.2) is 4.98 Å². The number of hydrogen-bond donors (Lipinski definition) is 0. The number of thioether (sulfide) groups is 1. The summed E-state index contributed by atoms with van der Waals surface area (Å²) in [7, 11) is 0. The van der Waals surface area contributed by atoms with Crippen molar-refractivity contribution in [1.29, 1.82) is 0 Å². The van der Waals surface area contributed by atoms with Gasteiger partial charge in [0.05, 0.1) is 22.7 Å². The number of piperidine rings is 1. The number of benzene rings is 2. The Hall–Kier alpha value is -2.60. The van der Waals surface area contributed by atoms with Crippen molar-refractivity contribution in [3.8, 4) is 0 Å². The van der Waals surface area contributed by atoms with Gasteiger partial charge in [-0.1, -0.05) is 54.2 Å². The fraction of sp³-hybridized carbons (Fsp3) is 0.375. The van der Waals surface area contributed by atoms with E-state index in [0.717, 1.165) is 24.9 Å². The zero-order valence-corrected chi connectivity index (χ0v) is 18.3. The van der Waals surface area contributed by atoms with E-state index in [1.54, 1.807) is 4.57 Å². The molecule has 0 bridgehead atoms. The van der Waals surface area contributed by atoms with E-state index >= 15 is 0 Å². The summed E-state index contributed by atoms with van der Waals surface area (Å²) in [6, 6.07) is 17.4. The minimum absolute atomic E-state index is 0.0711. The number of nitrogens with zero attached hydrogens (tertiary/aromatic N) is 3. The summed E-state index contributed by atoms with van der Waals surface area (Å²) in [5.41, 5.74) is 1.63. The molecule has 0 radical (unpaired) electrons. The van der Waals surface area contributed by atoms with Crippen molar-refractivity contribution in [2.75, 3.05) is 12.3 Å². The van der Waals surface area contributed by atoms with Crippen LogP contribution in [0, 0.1) is 0 Å². The van der Waals surface area contributed by atoms with E-state index in [0.29, 0.717) is 16.1 Å². The van der Waals surface area contributed by atoms with Gasteiger partial charge >= 0.3 is 0 Å². The first-order valence-corrected chi connectivity index (χ1v) is 11.5. The summed E-state index contributed by atoms with van der Waals surface area (Å²) in [5, 5.41) is 1.19. The molecule has 3 aromatic rings. The molecule has 156 valence electrons. The molecule has 0 N–H and O–H groups in total. The van der Waals surface area contributed by atoms with Crippen LogP contribution in [0.2, 0.25) is 0 Å². The molecule has 2 atom stereocenters. The lowest BCUT2D eigenvalue weighted by Crippen LogP contribution is -2.43. The Kier molecular flexibility index (Phi) is 6.23. The van der Waals surface area contributed by atoms with Crippen LogP contribution in [-0.2, 0) is 4.79 Å². The van der Waals surface area contributed by atoms with Crippen LogP contribution in [0.25, 0.3) is 10.9 Å². The molecule has 0 spiro atoms. The molecule has 4 rings (SSSR count). The normalized spacial score (nSPS) is 17.8. The van der Waals surface area contributed by atoms with Crippen LogP contribution in [0.4, 0.5) is 0 Å². The molecular weight excluding hydrogens is 394 g/mol. The van der Waals surface area contributed by atoms with Crippen LogP contribution in [0.15, 0.2) is 64.5 Å². The number of rotatable bonds is 5. The molecule has 5 nitrogen and oxygen atoms in total. The first kappa shape index (κ1) is 20.7. The van der Waals surface area contributed by atoms with Gasteiger partial charge in [0.25, 0.3) is 5.56 Å². The summed E-state index contributed by atoms with van der Waals surface area (Å²) in [4.78, 5) is 33.0. The highest BCUT2D eigenvalue weighted by molar-refractivity contribution is 7.99. The Morgan fingerprint density at radius 2 is 1.87 bits per heavy atom. The Labute approximate surface area is 181 Å². The van der Waals surface area contributed by atoms with E-state index in [9.17, 15) is 9.59 Å². The average Bonchev–Trinajstić information content (AvgIpc) is 2.78. The summed E-state index contributed by atoms with van der Waals surface area (Å²) < 4.78 is 1.73. The SMILES string of the molecule is C[C@@H]1CCCCN1C(=O)CSc1nc2ccccc2c(=O)n1[C@@H](C)c1ccccc1. The summed E-state index contributed by atoms with van der Waals surface area (Å²) in [6.07, 6.45) is 3.30. The largest absolute Gasteiger partial charge is 0.339 e. The van der Waals surface area contributed by atoms with Crippen molar-refractivity contribution < 1.29 is 4.79 Å². The molecule has 2 aromatic carbocycles. The summed E-state index contributed by atoms with van der Waals surface area (Å²) in [5.74, 6) is 0.407. The minimum Gasteiger partial charge on any atom is -0.339 e. The molecule has 0 unspecified atom stereocenters. The summed E-state index contributed by atoms with van der Waals surface area (Å²) >= 11 is 1.36. The van der Waals surface area contributed by atoms with Crippen LogP contribution in [0.3, 0.4) is 0 Å². The molecule has 0 saturated carbocycles. The second kappa shape index (κ2) is 9.04. The third kappa shape index (κ3) is 4.15. The second-order valence-corrected chi connectivity index (χ2v) is 8.84. The van der Waals surface area contributed by atoms with Gasteiger partial charge in [0.15, 0.2) is 5.16 Å². The van der Waals surface area contributed by atoms with Gasteiger partial charge in [0, 0.05) is 12.6 Å². The molecular formula is C24H27N3O2S. The van der Waals surface area contributed by atoms with Crippen molar-refractivity contribution in [3.63, 3.8) is 0 Å². The average molecular weight is 422 g/mol. The van der Waals surface area contributed by atoms with E-state index in [4.69, 9.17) is 4.98 Å². The fourth-order valence-electron chi connectivity index (χ4n) is 4.13. The third-order valence-corrected chi connectivity index (χ3v) is 6.83. The molecule has 1 fully saturated rings. The molecule has 1 saturated heterocycles. The maximum Gasteiger partial charge on any atom is 0.262 e. The molecule has 6 heteroatoms. The smallest absolute Gasteiger partial charge is 0.262 e. The zero-order chi connectivity index (χ0) is 21.1. The molecule has 1 amide bonds. The lowest BCUT2D eigenvalue weighted by molar-refractivity contribution is -0.131. The number of carbonyl (C=O) groups excluding carboxylic acids is 1. The lowest BCUT2D eigenvalue weighted by atomic mass is 10.0. The van der Waals surface area contributed by atoms with Crippen LogP contribution < -0.4 is 5.56 Å². The van der Waals surface area contributed by atoms with Crippen molar-refractivity contribution in [2.24, 2.45) is 0 Å². The number of para-hydroxylation sites is 1. The number of carbonyl (C=O) groups is 1. The Morgan fingerprint density at radius 1 is 1.13 bits per heavy atom. The summed E-state index contributed by atoms with van der Waals surface area (Å²) in [6.45, 7) is 4.94.